The number of rotatable bonds is 3. The predicted octanol–water partition coefficient (Wildman–Crippen LogP) is 1.58. The Labute approximate surface area is 128 Å². The monoisotopic (exact) mass is 302 g/mol. The molecule has 1 saturated heterocycles. The van der Waals surface area contributed by atoms with Crippen molar-refractivity contribution in [2.45, 2.75) is 6.92 Å². The minimum atomic E-state index is -0.0661. The molecule has 2 aromatic rings. The zero-order valence-corrected chi connectivity index (χ0v) is 12.3. The lowest BCUT2D eigenvalue weighted by molar-refractivity contribution is 0.121. The van der Waals surface area contributed by atoms with E-state index in [0.717, 1.165) is 11.1 Å². The Bertz CT molecular complexity index is 673. The van der Waals surface area contributed by atoms with Crippen LogP contribution in [0.1, 0.15) is 11.3 Å². The average molecular weight is 302 g/mol. The van der Waals surface area contributed by atoms with Crippen molar-refractivity contribution in [2.24, 2.45) is 10.9 Å². The molecule has 0 bridgehead atoms. The number of morpholine rings is 1. The Kier molecular flexibility index (Phi) is 3.97. The van der Waals surface area contributed by atoms with Crippen LogP contribution in [0, 0.1) is 6.92 Å². The second-order valence-corrected chi connectivity index (χ2v) is 5.12. The number of amidine groups is 1. The highest BCUT2D eigenvalue weighted by Gasteiger charge is 2.24. The van der Waals surface area contributed by atoms with Crippen LogP contribution in [0.4, 0.5) is 5.88 Å². The first-order valence-electron chi connectivity index (χ1n) is 7.07. The molecule has 3 rings (SSSR count). The SMILES string of the molecule is Cc1ccc(-c2nc(/C(N)=N/O)c(N3CCOCC3)o2)cc1. The van der Waals surface area contributed by atoms with Crippen LogP contribution in [-0.2, 0) is 4.74 Å². The Hall–Kier alpha value is -2.54. The highest BCUT2D eigenvalue weighted by atomic mass is 16.5. The fourth-order valence-corrected chi connectivity index (χ4v) is 2.33. The maximum Gasteiger partial charge on any atom is 0.229 e. The van der Waals surface area contributed by atoms with Crippen molar-refractivity contribution in [3.05, 3.63) is 35.5 Å². The van der Waals surface area contributed by atoms with Gasteiger partial charge in [0.15, 0.2) is 11.5 Å². The van der Waals surface area contributed by atoms with Crippen LogP contribution in [0.2, 0.25) is 0 Å². The van der Waals surface area contributed by atoms with Gasteiger partial charge in [-0.3, -0.25) is 0 Å². The molecule has 7 heteroatoms. The van der Waals surface area contributed by atoms with Crippen molar-refractivity contribution in [3.8, 4) is 11.5 Å². The number of benzene rings is 1. The van der Waals surface area contributed by atoms with Crippen molar-refractivity contribution < 1.29 is 14.4 Å². The molecule has 0 atom stereocenters. The molecule has 3 N–H and O–H groups in total. The number of oxazole rings is 1. The normalized spacial score (nSPS) is 16.0. The van der Waals surface area contributed by atoms with Gasteiger partial charge < -0.3 is 25.0 Å². The smallest absolute Gasteiger partial charge is 0.229 e. The quantitative estimate of drug-likeness (QED) is 0.387. The lowest BCUT2D eigenvalue weighted by atomic mass is 10.1. The minimum absolute atomic E-state index is 0.0661. The third kappa shape index (κ3) is 2.75. The number of oxime groups is 1. The highest BCUT2D eigenvalue weighted by Crippen LogP contribution is 2.29. The summed E-state index contributed by atoms with van der Waals surface area (Å²) in [4.78, 5) is 6.38. The molecule has 0 radical (unpaired) electrons. The number of hydrogen-bond donors (Lipinski definition) is 2. The molecule has 1 aliphatic rings. The summed E-state index contributed by atoms with van der Waals surface area (Å²) in [6.07, 6.45) is 0. The molecule has 1 aromatic heterocycles. The number of nitrogens with zero attached hydrogens (tertiary/aromatic N) is 3. The number of aryl methyl sites for hydroxylation is 1. The first-order chi connectivity index (χ1) is 10.7. The molecule has 0 spiro atoms. The Balaban J connectivity index is 2.02. The summed E-state index contributed by atoms with van der Waals surface area (Å²) in [7, 11) is 0. The zero-order chi connectivity index (χ0) is 15.5. The number of hydrogen-bond acceptors (Lipinski definition) is 6. The maximum atomic E-state index is 8.97. The number of nitrogens with two attached hydrogens (primary N) is 1. The summed E-state index contributed by atoms with van der Waals surface area (Å²) in [6.45, 7) is 4.58. The Morgan fingerprint density at radius 2 is 1.95 bits per heavy atom. The first kappa shape index (κ1) is 14.4. The molecular weight excluding hydrogens is 284 g/mol. The summed E-state index contributed by atoms with van der Waals surface area (Å²) in [6, 6.07) is 7.83. The lowest BCUT2D eigenvalue weighted by Crippen LogP contribution is -2.37. The average Bonchev–Trinajstić information content (AvgIpc) is 3.01. The zero-order valence-electron chi connectivity index (χ0n) is 12.3. The molecule has 1 aliphatic heterocycles. The molecular formula is C15H18N4O3. The van der Waals surface area contributed by atoms with Gasteiger partial charge in [0.2, 0.25) is 11.8 Å². The van der Waals surface area contributed by atoms with Crippen molar-refractivity contribution in [2.75, 3.05) is 31.2 Å². The summed E-state index contributed by atoms with van der Waals surface area (Å²) >= 11 is 0. The largest absolute Gasteiger partial charge is 0.420 e. The summed E-state index contributed by atoms with van der Waals surface area (Å²) in [5, 5.41) is 12.0. The predicted molar refractivity (Wildman–Crippen MR) is 82.2 cm³/mol. The van der Waals surface area contributed by atoms with Gasteiger partial charge in [0.25, 0.3) is 0 Å². The Morgan fingerprint density at radius 1 is 1.27 bits per heavy atom. The van der Waals surface area contributed by atoms with Gasteiger partial charge in [0.1, 0.15) is 0 Å². The van der Waals surface area contributed by atoms with Gasteiger partial charge in [-0.2, -0.15) is 0 Å². The van der Waals surface area contributed by atoms with Crippen LogP contribution in [0.15, 0.2) is 33.8 Å². The van der Waals surface area contributed by atoms with Gasteiger partial charge in [-0.15, -0.1) is 0 Å². The van der Waals surface area contributed by atoms with Crippen LogP contribution in [-0.4, -0.2) is 42.3 Å². The van der Waals surface area contributed by atoms with Crippen molar-refractivity contribution in [1.82, 2.24) is 4.98 Å². The molecule has 7 nitrogen and oxygen atoms in total. The fraction of sp³-hybridized carbons (Fsp3) is 0.333. The van der Waals surface area contributed by atoms with E-state index in [9.17, 15) is 0 Å². The Morgan fingerprint density at radius 3 is 2.59 bits per heavy atom. The van der Waals surface area contributed by atoms with Crippen LogP contribution < -0.4 is 10.6 Å². The number of ether oxygens (including phenoxy) is 1. The molecule has 0 saturated carbocycles. The number of anilines is 1. The highest BCUT2D eigenvalue weighted by molar-refractivity contribution is 5.99. The van der Waals surface area contributed by atoms with E-state index in [0.29, 0.717) is 43.8 Å². The van der Waals surface area contributed by atoms with Crippen LogP contribution >= 0.6 is 0 Å². The van der Waals surface area contributed by atoms with Gasteiger partial charge >= 0.3 is 0 Å². The molecule has 0 unspecified atom stereocenters. The third-order valence-corrected chi connectivity index (χ3v) is 3.56. The van der Waals surface area contributed by atoms with Crippen molar-refractivity contribution >= 4 is 11.7 Å². The molecule has 2 heterocycles. The second kappa shape index (κ2) is 6.07. The third-order valence-electron chi connectivity index (χ3n) is 3.56. The van der Waals surface area contributed by atoms with Gasteiger partial charge in [-0.05, 0) is 19.1 Å². The standard InChI is InChI=1S/C15H18N4O3/c1-10-2-4-11(5-3-10)14-17-12(13(16)18-20)15(22-14)19-6-8-21-9-7-19/h2-5,20H,6-9H2,1H3,(H2,16,18). The summed E-state index contributed by atoms with van der Waals surface area (Å²) < 4.78 is 11.2. The molecule has 1 fully saturated rings. The van der Waals surface area contributed by atoms with E-state index < -0.39 is 0 Å². The second-order valence-electron chi connectivity index (χ2n) is 5.12. The van der Waals surface area contributed by atoms with Gasteiger partial charge in [-0.25, -0.2) is 4.98 Å². The summed E-state index contributed by atoms with van der Waals surface area (Å²) in [5.41, 5.74) is 8.08. The fourth-order valence-electron chi connectivity index (χ4n) is 2.33. The van der Waals surface area contributed by atoms with Crippen molar-refractivity contribution in [1.29, 1.82) is 0 Å². The number of aromatic nitrogens is 1. The topological polar surface area (TPSA) is 97.1 Å². The van der Waals surface area contributed by atoms with E-state index >= 15 is 0 Å². The van der Waals surface area contributed by atoms with E-state index in [-0.39, 0.29) is 5.84 Å². The van der Waals surface area contributed by atoms with Crippen LogP contribution in [0.5, 0.6) is 0 Å². The summed E-state index contributed by atoms with van der Waals surface area (Å²) in [5.74, 6) is 0.890. The van der Waals surface area contributed by atoms with E-state index in [4.69, 9.17) is 20.1 Å². The van der Waals surface area contributed by atoms with E-state index in [1.165, 1.54) is 0 Å². The maximum absolute atomic E-state index is 8.97. The van der Waals surface area contributed by atoms with Gasteiger partial charge in [-0.1, -0.05) is 22.9 Å². The first-order valence-corrected chi connectivity index (χ1v) is 7.07. The molecule has 22 heavy (non-hydrogen) atoms. The molecule has 0 amide bonds. The van der Waals surface area contributed by atoms with Crippen LogP contribution in [0.25, 0.3) is 11.5 Å². The molecule has 0 aliphatic carbocycles. The van der Waals surface area contributed by atoms with E-state index in [1.807, 2.05) is 36.1 Å². The molecule has 1 aromatic carbocycles. The van der Waals surface area contributed by atoms with E-state index in [2.05, 4.69) is 10.1 Å². The molecule has 116 valence electrons. The minimum Gasteiger partial charge on any atom is -0.420 e. The van der Waals surface area contributed by atoms with Crippen LogP contribution in [0.3, 0.4) is 0 Å². The lowest BCUT2D eigenvalue weighted by Gasteiger charge is -2.26. The van der Waals surface area contributed by atoms with Gasteiger partial charge in [0.05, 0.1) is 13.2 Å². The van der Waals surface area contributed by atoms with E-state index in [1.54, 1.807) is 0 Å². The van der Waals surface area contributed by atoms with Gasteiger partial charge in [0, 0.05) is 18.7 Å². The van der Waals surface area contributed by atoms with Crippen molar-refractivity contribution in [3.63, 3.8) is 0 Å².